The van der Waals surface area contributed by atoms with Crippen LogP contribution < -0.4 is 10.6 Å². The third kappa shape index (κ3) is 14.1. The average molecular weight is 520 g/mol. The Balaban J connectivity index is 0.00000242. The number of halogens is 1. The van der Waals surface area contributed by atoms with E-state index in [0.717, 1.165) is 29.1 Å². The summed E-state index contributed by atoms with van der Waals surface area (Å²) in [6.45, 7) is 12.0. The van der Waals surface area contributed by atoms with Gasteiger partial charge in [0.05, 0.1) is 6.61 Å². The van der Waals surface area contributed by atoms with Crippen LogP contribution in [0.2, 0.25) is 5.28 Å². The molecule has 2 aromatic rings. The molecule has 3 N–H and O–H groups in total. The minimum atomic E-state index is -4.40. The monoisotopic (exact) mass is 519 g/mol. The first-order valence-electron chi connectivity index (χ1n) is 10.8. The molecular weight excluding hydrogens is 486 g/mol. The van der Waals surface area contributed by atoms with Gasteiger partial charge in [-0.25, -0.2) is 4.18 Å². The van der Waals surface area contributed by atoms with E-state index in [1.54, 1.807) is 0 Å². The molecule has 0 unspecified atom stereocenters. The number of nitrogens with zero attached hydrogens (tertiary/aromatic N) is 3. The lowest BCUT2D eigenvalue weighted by atomic mass is 10.3. The van der Waals surface area contributed by atoms with Crippen molar-refractivity contribution in [3.05, 3.63) is 41.3 Å². The summed E-state index contributed by atoms with van der Waals surface area (Å²) in [6.07, 6.45) is 3.77. The van der Waals surface area contributed by atoms with E-state index in [1.165, 1.54) is 11.8 Å². The standard InChI is InChI=1S/C17H22ClN5O4S2.2C2H6/c1-3-5-12(4-2)19-16-21-15(18)22-17(23-16)20-13-6-8-14(9-7-13)28-11-10-27-29(24,25)26;2*1-2/h5-9H,3-4,10-11H2,1-2H3,(H,24,25,26)(H2,19,20,21,22,23);2*1-2H3/b12-5+;;. The molecule has 33 heavy (non-hydrogen) atoms. The lowest BCUT2D eigenvalue weighted by Gasteiger charge is -2.10. The van der Waals surface area contributed by atoms with Crippen molar-refractivity contribution in [1.29, 1.82) is 0 Å². The van der Waals surface area contributed by atoms with E-state index in [9.17, 15) is 8.42 Å². The van der Waals surface area contributed by atoms with Gasteiger partial charge in [0.1, 0.15) is 0 Å². The molecular formula is C21H34ClN5O4S2. The highest BCUT2D eigenvalue weighted by atomic mass is 35.5. The maximum atomic E-state index is 10.5. The maximum absolute atomic E-state index is 10.5. The molecule has 0 aliphatic heterocycles. The fraction of sp³-hybridized carbons (Fsp3) is 0.476. The molecule has 1 aromatic heterocycles. The van der Waals surface area contributed by atoms with Gasteiger partial charge >= 0.3 is 10.4 Å². The third-order valence-electron chi connectivity index (χ3n) is 3.41. The molecule has 0 saturated heterocycles. The molecule has 0 aliphatic carbocycles. The van der Waals surface area contributed by atoms with Gasteiger partial charge in [-0.05, 0) is 48.7 Å². The molecule has 2 rings (SSSR count). The second kappa shape index (κ2) is 17.5. The van der Waals surface area contributed by atoms with Crippen LogP contribution in [0, 0.1) is 0 Å². The van der Waals surface area contributed by atoms with Gasteiger partial charge in [0.15, 0.2) is 0 Å². The fourth-order valence-electron chi connectivity index (χ4n) is 2.20. The Hall–Kier alpha value is -1.92. The highest BCUT2D eigenvalue weighted by Gasteiger charge is 2.07. The molecule has 9 nitrogen and oxygen atoms in total. The lowest BCUT2D eigenvalue weighted by molar-refractivity contribution is 0.285. The van der Waals surface area contributed by atoms with Crippen molar-refractivity contribution in [1.82, 2.24) is 15.0 Å². The van der Waals surface area contributed by atoms with Gasteiger partial charge in [-0.15, -0.1) is 11.8 Å². The van der Waals surface area contributed by atoms with Crippen LogP contribution in [0.3, 0.4) is 0 Å². The molecule has 1 aromatic carbocycles. The number of nitrogens with one attached hydrogen (secondary N) is 2. The second-order valence-electron chi connectivity index (χ2n) is 5.62. The average Bonchev–Trinajstić information content (AvgIpc) is 2.79. The number of hydrogen-bond acceptors (Lipinski definition) is 9. The summed E-state index contributed by atoms with van der Waals surface area (Å²) in [6, 6.07) is 7.35. The summed E-state index contributed by atoms with van der Waals surface area (Å²) < 4.78 is 33.8. The van der Waals surface area contributed by atoms with Crippen LogP contribution in [0.1, 0.15) is 54.4 Å². The van der Waals surface area contributed by atoms with Gasteiger partial charge in [0.2, 0.25) is 17.2 Å². The topological polar surface area (TPSA) is 126 Å². The predicted molar refractivity (Wildman–Crippen MR) is 138 cm³/mol. The molecule has 0 fully saturated rings. The first kappa shape index (κ1) is 31.1. The number of hydrogen-bond donors (Lipinski definition) is 3. The van der Waals surface area contributed by atoms with Gasteiger partial charge in [0.25, 0.3) is 0 Å². The van der Waals surface area contributed by atoms with E-state index in [1.807, 2.05) is 65.8 Å². The summed E-state index contributed by atoms with van der Waals surface area (Å²) in [4.78, 5) is 13.4. The molecule has 0 radical (unpaired) electrons. The lowest BCUT2D eigenvalue weighted by Crippen LogP contribution is -2.07. The van der Waals surface area contributed by atoms with E-state index in [2.05, 4.69) is 35.8 Å². The Labute approximate surface area is 206 Å². The van der Waals surface area contributed by atoms with Crippen molar-refractivity contribution >= 4 is 51.3 Å². The molecule has 1 heterocycles. The van der Waals surface area contributed by atoms with Crippen LogP contribution in [0.4, 0.5) is 17.6 Å². The van der Waals surface area contributed by atoms with Crippen molar-refractivity contribution < 1.29 is 17.2 Å². The number of anilines is 3. The minimum absolute atomic E-state index is 0.0722. The summed E-state index contributed by atoms with van der Waals surface area (Å²) in [5.74, 6) is 1.04. The fourth-order valence-corrected chi connectivity index (χ4v) is 3.49. The van der Waals surface area contributed by atoms with Crippen molar-refractivity contribution in [2.45, 2.75) is 59.3 Å². The molecule has 0 atom stereocenters. The van der Waals surface area contributed by atoms with Crippen LogP contribution in [0.15, 0.2) is 40.9 Å². The zero-order chi connectivity index (χ0) is 25.3. The predicted octanol–water partition coefficient (Wildman–Crippen LogP) is 6.35. The van der Waals surface area contributed by atoms with Crippen LogP contribution >= 0.6 is 23.4 Å². The molecule has 186 valence electrons. The molecule has 0 bridgehead atoms. The normalized spacial score (nSPS) is 11.0. The molecule has 0 spiro atoms. The maximum Gasteiger partial charge on any atom is 0.397 e. The smallest absolute Gasteiger partial charge is 0.328 e. The van der Waals surface area contributed by atoms with Gasteiger partial charge in [-0.2, -0.15) is 23.4 Å². The van der Waals surface area contributed by atoms with Crippen molar-refractivity contribution in [3.63, 3.8) is 0 Å². The summed E-state index contributed by atoms with van der Waals surface area (Å²) in [5.41, 5.74) is 1.75. The molecule has 0 saturated carbocycles. The first-order chi connectivity index (χ1) is 15.8. The quantitative estimate of drug-likeness (QED) is 0.175. The Kier molecular flexibility index (Phi) is 16.5. The van der Waals surface area contributed by atoms with Gasteiger partial charge in [0, 0.05) is 22.0 Å². The molecule has 0 amide bonds. The Bertz CT molecular complexity index is 942. The number of allylic oxidation sites excluding steroid dienone is 2. The van der Waals surface area contributed by atoms with E-state index >= 15 is 0 Å². The van der Waals surface area contributed by atoms with E-state index in [4.69, 9.17) is 16.2 Å². The molecule has 12 heteroatoms. The number of benzene rings is 1. The Morgan fingerprint density at radius 3 is 2.24 bits per heavy atom. The number of thioether (sulfide) groups is 1. The van der Waals surface area contributed by atoms with E-state index < -0.39 is 10.4 Å². The second-order valence-corrected chi connectivity index (χ2v) is 8.21. The number of aromatic nitrogens is 3. The summed E-state index contributed by atoms with van der Waals surface area (Å²) in [7, 11) is -4.40. The summed E-state index contributed by atoms with van der Waals surface area (Å²) in [5, 5.41) is 6.29. The van der Waals surface area contributed by atoms with Crippen LogP contribution in [0.25, 0.3) is 0 Å². The van der Waals surface area contributed by atoms with E-state index in [-0.39, 0.29) is 11.9 Å². The Morgan fingerprint density at radius 2 is 1.70 bits per heavy atom. The van der Waals surface area contributed by atoms with Crippen LogP contribution in [-0.4, -0.2) is 40.3 Å². The largest absolute Gasteiger partial charge is 0.397 e. The first-order valence-corrected chi connectivity index (χ1v) is 13.5. The van der Waals surface area contributed by atoms with Gasteiger partial charge in [-0.3, -0.25) is 4.55 Å². The van der Waals surface area contributed by atoms with Gasteiger partial charge in [-0.1, -0.05) is 47.6 Å². The number of rotatable bonds is 11. The van der Waals surface area contributed by atoms with Gasteiger partial charge < -0.3 is 10.6 Å². The zero-order valence-electron chi connectivity index (χ0n) is 19.9. The summed E-state index contributed by atoms with van der Waals surface area (Å²) >= 11 is 7.40. The SMILES string of the molecule is CC.CC.CC/C=C(\CC)Nc1nc(Cl)nc(Nc2ccc(SCCOS(=O)(=O)O)cc2)n1. The Morgan fingerprint density at radius 1 is 1.09 bits per heavy atom. The van der Waals surface area contributed by atoms with E-state index in [0.29, 0.717) is 17.6 Å². The van der Waals surface area contributed by atoms with Crippen molar-refractivity contribution in [2.24, 2.45) is 0 Å². The van der Waals surface area contributed by atoms with Crippen molar-refractivity contribution in [2.75, 3.05) is 23.0 Å². The highest BCUT2D eigenvalue weighted by Crippen LogP contribution is 2.22. The third-order valence-corrected chi connectivity index (χ3v) is 5.02. The molecule has 0 aliphatic rings. The minimum Gasteiger partial charge on any atom is -0.328 e. The zero-order valence-corrected chi connectivity index (χ0v) is 22.3. The van der Waals surface area contributed by atoms with Crippen molar-refractivity contribution in [3.8, 4) is 0 Å². The highest BCUT2D eigenvalue weighted by molar-refractivity contribution is 7.99. The van der Waals surface area contributed by atoms with Crippen LogP contribution in [-0.2, 0) is 14.6 Å². The van der Waals surface area contributed by atoms with Crippen LogP contribution in [0.5, 0.6) is 0 Å².